The lowest BCUT2D eigenvalue weighted by Gasteiger charge is -2.38. The second-order valence-electron chi connectivity index (χ2n) is 8.80. The van der Waals surface area contributed by atoms with Gasteiger partial charge in [0.05, 0.1) is 0 Å². The lowest BCUT2D eigenvalue weighted by Crippen LogP contribution is -2.28. The van der Waals surface area contributed by atoms with Crippen LogP contribution in [0.4, 0.5) is 0 Å². The van der Waals surface area contributed by atoms with Gasteiger partial charge in [-0.1, -0.05) is 33.6 Å². The van der Waals surface area contributed by atoms with Crippen molar-refractivity contribution in [3.05, 3.63) is 6.92 Å². The number of hydrogen-bond donors (Lipinski definition) is 0. The molecule has 0 spiro atoms. The Kier molecular flexibility index (Phi) is 5.01. The van der Waals surface area contributed by atoms with Crippen LogP contribution in [0.25, 0.3) is 0 Å². The lowest BCUT2D eigenvalue weighted by molar-refractivity contribution is 0.121. The summed E-state index contributed by atoms with van der Waals surface area (Å²) < 4.78 is 0. The molecule has 0 aromatic carbocycles. The molecule has 0 N–H and O–H groups in total. The van der Waals surface area contributed by atoms with E-state index < -0.39 is 0 Å². The molecule has 1 radical (unpaired) electrons. The largest absolute Gasteiger partial charge is 0.0651 e. The molecule has 121 valence electrons. The fourth-order valence-corrected chi connectivity index (χ4v) is 5.10. The van der Waals surface area contributed by atoms with Gasteiger partial charge in [-0.3, -0.25) is 0 Å². The molecule has 3 rings (SSSR count). The minimum atomic E-state index is 0.689. The summed E-state index contributed by atoms with van der Waals surface area (Å²) in [5, 5.41) is 0. The zero-order valence-corrected chi connectivity index (χ0v) is 14.6. The van der Waals surface area contributed by atoms with E-state index in [1.165, 1.54) is 64.2 Å². The minimum Gasteiger partial charge on any atom is -0.0651 e. The van der Waals surface area contributed by atoms with Crippen LogP contribution in [0, 0.1) is 41.9 Å². The summed E-state index contributed by atoms with van der Waals surface area (Å²) in [6.07, 6.45) is 17.7. The molecular formula is C21H37. The van der Waals surface area contributed by atoms with Gasteiger partial charge in [-0.15, -0.1) is 0 Å². The summed E-state index contributed by atoms with van der Waals surface area (Å²) in [7, 11) is 0. The van der Waals surface area contributed by atoms with E-state index in [1.807, 2.05) is 0 Å². The molecule has 0 bridgehead atoms. The molecule has 0 aromatic rings. The molecule has 0 heteroatoms. The van der Waals surface area contributed by atoms with E-state index in [-0.39, 0.29) is 0 Å². The van der Waals surface area contributed by atoms with Crippen LogP contribution < -0.4 is 0 Å². The fourth-order valence-electron chi connectivity index (χ4n) is 5.10. The zero-order chi connectivity index (χ0) is 14.9. The van der Waals surface area contributed by atoms with E-state index in [1.54, 1.807) is 6.42 Å². The molecule has 0 saturated heterocycles. The molecule has 0 nitrogen and oxygen atoms in total. The fraction of sp³-hybridized carbons (Fsp3) is 0.952. The highest BCUT2D eigenvalue weighted by Crippen LogP contribution is 2.58. The summed E-state index contributed by atoms with van der Waals surface area (Å²) in [6.45, 7) is 9.22. The van der Waals surface area contributed by atoms with Crippen LogP contribution in [0.2, 0.25) is 0 Å². The predicted octanol–water partition coefficient (Wildman–Crippen LogP) is 6.65. The van der Waals surface area contributed by atoms with Gasteiger partial charge in [0.15, 0.2) is 0 Å². The third kappa shape index (κ3) is 4.05. The summed E-state index contributed by atoms with van der Waals surface area (Å²) >= 11 is 0. The van der Waals surface area contributed by atoms with Crippen molar-refractivity contribution in [3.8, 4) is 0 Å². The van der Waals surface area contributed by atoms with Gasteiger partial charge < -0.3 is 0 Å². The average molecular weight is 290 g/mol. The maximum absolute atomic E-state index is 4.25. The van der Waals surface area contributed by atoms with Crippen LogP contribution in [0.3, 0.4) is 0 Å². The van der Waals surface area contributed by atoms with E-state index >= 15 is 0 Å². The van der Waals surface area contributed by atoms with E-state index in [4.69, 9.17) is 0 Å². The molecular weight excluding hydrogens is 252 g/mol. The van der Waals surface area contributed by atoms with Gasteiger partial charge >= 0.3 is 0 Å². The normalized spacial score (nSPS) is 28.1. The van der Waals surface area contributed by atoms with Crippen LogP contribution in [0.5, 0.6) is 0 Å². The van der Waals surface area contributed by atoms with Gasteiger partial charge in [0.25, 0.3) is 0 Å². The Morgan fingerprint density at radius 3 is 2.14 bits per heavy atom. The highest BCUT2D eigenvalue weighted by molar-refractivity contribution is 4.98. The first-order chi connectivity index (χ1) is 10.2. The highest BCUT2D eigenvalue weighted by atomic mass is 14.5. The molecule has 0 aromatic heterocycles. The third-order valence-corrected chi connectivity index (χ3v) is 7.12. The maximum atomic E-state index is 4.25. The smallest absolute Gasteiger partial charge is 0.0266 e. The Balaban J connectivity index is 1.62. The van der Waals surface area contributed by atoms with Crippen molar-refractivity contribution in [2.45, 2.75) is 90.9 Å². The van der Waals surface area contributed by atoms with Crippen molar-refractivity contribution in [1.82, 2.24) is 0 Å². The molecule has 3 unspecified atom stereocenters. The van der Waals surface area contributed by atoms with Gasteiger partial charge in [0.1, 0.15) is 0 Å². The molecule has 3 aliphatic rings. The SMILES string of the molecule is [CH2]CCC(CCC(C)C1CC1)(CC(CC)C1CC1)C1CC1. The lowest BCUT2D eigenvalue weighted by atomic mass is 9.67. The monoisotopic (exact) mass is 289 g/mol. The minimum absolute atomic E-state index is 0.689. The Morgan fingerprint density at radius 2 is 1.67 bits per heavy atom. The molecule has 3 atom stereocenters. The van der Waals surface area contributed by atoms with Crippen molar-refractivity contribution in [2.75, 3.05) is 0 Å². The van der Waals surface area contributed by atoms with Crippen molar-refractivity contribution >= 4 is 0 Å². The van der Waals surface area contributed by atoms with Crippen LogP contribution in [-0.4, -0.2) is 0 Å². The van der Waals surface area contributed by atoms with Gasteiger partial charge in [-0.05, 0) is 99.2 Å². The van der Waals surface area contributed by atoms with Crippen molar-refractivity contribution < 1.29 is 0 Å². The average Bonchev–Trinajstić information content (AvgIpc) is 3.30. The molecule has 0 amide bonds. The van der Waals surface area contributed by atoms with Crippen molar-refractivity contribution in [1.29, 1.82) is 0 Å². The topological polar surface area (TPSA) is 0 Å². The molecule has 3 saturated carbocycles. The third-order valence-electron chi connectivity index (χ3n) is 7.12. The summed E-state index contributed by atoms with van der Waals surface area (Å²) in [5.41, 5.74) is 0.689. The van der Waals surface area contributed by atoms with Gasteiger partial charge in [0, 0.05) is 0 Å². The molecule has 3 fully saturated rings. The second-order valence-corrected chi connectivity index (χ2v) is 8.80. The Bertz CT molecular complexity index is 321. The van der Waals surface area contributed by atoms with Gasteiger partial charge in [0.2, 0.25) is 0 Å². The second kappa shape index (κ2) is 6.63. The van der Waals surface area contributed by atoms with Crippen LogP contribution in [0.15, 0.2) is 0 Å². The summed E-state index contributed by atoms with van der Waals surface area (Å²) in [6, 6.07) is 0. The van der Waals surface area contributed by atoms with E-state index in [0.29, 0.717) is 5.41 Å². The molecule has 0 heterocycles. The van der Waals surface area contributed by atoms with E-state index in [2.05, 4.69) is 20.8 Å². The van der Waals surface area contributed by atoms with Crippen LogP contribution in [-0.2, 0) is 0 Å². The van der Waals surface area contributed by atoms with Crippen LogP contribution in [0.1, 0.15) is 90.9 Å². The first-order valence-corrected chi connectivity index (χ1v) is 9.97. The first kappa shape index (κ1) is 15.9. The van der Waals surface area contributed by atoms with Gasteiger partial charge in [-0.25, -0.2) is 0 Å². The number of hydrogen-bond acceptors (Lipinski definition) is 0. The Hall–Kier alpha value is 0. The standard InChI is InChI=1S/C21H37/c1-4-13-21(20-10-11-20,14-12-16(3)18-6-7-18)15-17(5-2)19-8-9-19/h16-20H,1,4-15H2,2-3H3. The molecule has 21 heavy (non-hydrogen) atoms. The van der Waals surface area contributed by atoms with Crippen molar-refractivity contribution in [2.24, 2.45) is 35.0 Å². The molecule has 0 aliphatic heterocycles. The van der Waals surface area contributed by atoms with E-state index in [9.17, 15) is 0 Å². The zero-order valence-electron chi connectivity index (χ0n) is 14.6. The van der Waals surface area contributed by atoms with E-state index in [0.717, 1.165) is 36.0 Å². The molecule has 3 aliphatic carbocycles. The van der Waals surface area contributed by atoms with Crippen molar-refractivity contribution in [3.63, 3.8) is 0 Å². The summed E-state index contributed by atoms with van der Waals surface area (Å²) in [5.74, 6) is 5.28. The maximum Gasteiger partial charge on any atom is -0.0266 e. The quantitative estimate of drug-likeness (QED) is 0.399. The van der Waals surface area contributed by atoms with Gasteiger partial charge in [-0.2, -0.15) is 0 Å². The summed E-state index contributed by atoms with van der Waals surface area (Å²) in [4.78, 5) is 0. The first-order valence-electron chi connectivity index (χ1n) is 9.97. The Labute approximate surface area is 133 Å². The Morgan fingerprint density at radius 1 is 1.00 bits per heavy atom. The highest BCUT2D eigenvalue weighted by Gasteiger charge is 2.47. The number of rotatable bonds is 11. The van der Waals surface area contributed by atoms with Crippen LogP contribution >= 0.6 is 0 Å². The predicted molar refractivity (Wildman–Crippen MR) is 92.0 cm³/mol.